The van der Waals surface area contributed by atoms with Gasteiger partial charge in [-0.15, -0.1) is 11.3 Å². The second-order valence-corrected chi connectivity index (χ2v) is 8.15. The first-order chi connectivity index (χ1) is 14.4. The third kappa shape index (κ3) is 3.29. The molecule has 30 heavy (non-hydrogen) atoms. The minimum Gasteiger partial charge on any atom is -0.507 e. The Labute approximate surface area is 178 Å². The summed E-state index contributed by atoms with van der Waals surface area (Å²) in [6, 6.07) is 15.5. The van der Waals surface area contributed by atoms with Crippen LogP contribution in [0.5, 0.6) is 5.75 Å². The van der Waals surface area contributed by atoms with E-state index in [4.69, 9.17) is 4.74 Å². The summed E-state index contributed by atoms with van der Waals surface area (Å²) >= 11 is 1.46. The van der Waals surface area contributed by atoms with Crippen molar-refractivity contribution in [3.8, 4) is 5.75 Å². The van der Waals surface area contributed by atoms with Crippen LogP contribution in [0.4, 0.5) is 5.69 Å². The van der Waals surface area contributed by atoms with Crippen molar-refractivity contribution in [2.45, 2.75) is 19.9 Å². The van der Waals surface area contributed by atoms with Crippen LogP contribution in [0, 0.1) is 13.8 Å². The van der Waals surface area contributed by atoms with E-state index >= 15 is 0 Å². The second-order valence-electron chi connectivity index (χ2n) is 7.20. The van der Waals surface area contributed by atoms with Crippen molar-refractivity contribution < 1.29 is 19.4 Å². The lowest BCUT2D eigenvalue weighted by molar-refractivity contribution is -0.132. The highest BCUT2D eigenvalue weighted by atomic mass is 32.1. The highest BCUT2D eigenvalue weighted by Gasteiger charge is 2.47. The highest BCUT2D eigenvalue weighted by molar-refractivity contribution is 7.10. The fraction of sp³-hybridized carbons (Fsp3) is 0.167. The molecule has 1 N–H and O–H groups in total. The molecule has 5 nitrogen and oxygen atoms in total. The van der Waals surface area contributed by atoms with Crippen LogP contribution >= 0.6 is 11.3 Å². The van der Waals surface area contributed by atoms with Gasteiger partial charge in [-0.25, -0.2) is 0 Å². The number of nitrogens with zero attached hydrogens (tertiary/aromatic N) is 1. The van der Waals surface area contributed by atoms with E-state index in [1.165, 1.54) is 16.2 Å². The van der Waals surface area contributed by atoms with Crippen LogP contribution in [0.3, 0.4) is 0 Å². The van der Waals surface area contributed by atoms with E-state index in [9.17, 15) is 14.7 Å². The zero-order valence-corrected chi connectivity index (χ0v) is 17.7. The number of rotatable bonds is 4. The van der Waals surface area contributed by atoms with Gasteiger partial charge < -0.3 is 9.84 Å². The minimum atomic E-state index is -0.692. The molecule has 1 atom stereocenters. The zero-order chi connectivity index (χ0) is 21.4. The minimum absolute atomic E-state index is 0.0947. The van der Waals surface area contributed by atoms with E-state index in [1.807, 2.05) is 49.6 Å². The largest absolute Gasteiger partial charge is 0.507 e. The standard InChI is InChI=1S/C24H21NO4S/c1-14-5-4-6-17(13-14)25-20(23-15(2)11-12-30-23)19(22(27)24(25)28)21(26)16-7-9-18(29-3)10-8-16/h4-13,20,26H,1-3H3/b21-19-. The van der Waals surface area contributed by atoms with Gasteiger partial charge in [0.1, 0.15) is 17.6 Å². The SMILES string of the molecule is COc1ccc(/C(O)=C2/C(=O)C(=O)N(c3cccc(C)c3)C2c2sccc2C)cc1. The molecule has 4 rings (SSSR count). The number of ketones is 1. The molecule has 1 amide bonds. The van der Waals surface area contributed by atoms with E-state index in [2.05, 4.69) is 0 Å². The quantitative estimate of drug-likeness (QED) is 0.367. The maximum absolute atomic E-state index is 13.1. The van der Waals surface area contributed by atoms with Gasteiger partial charge in [0.25, 0.3) is 11.7 Å². The van der Waals surface area contributed by atoms with Crippen molar-refractivity contribution in [2.24, 2.45) is 0 Å². The number of hydrogen-bond acceptors (Lipinski definition) is 5. The molecule has 0 aliphatic carbocycles. The predicted octanol–water partition coefficient (Wildman–Crippen LogP) is 5.00. The van der Waals surface area contributed by atoms with E-state index in [0.717, 1.165) is 16.0 Å². The van der Waals surface area contributed by atoms with E-state index in [-0.39, 0.29) is 11.3 Å². The molecule has 152 valence electrons. The first-order valence-corrected chi connectivity index (χ1v) is 10.4. The van der Waals surface area contributed by atoms with E-state index in [1.54, 1.807) is 31.4 Å². The van der Waals surface area contributed by atoms with Gasteiger partial charge in [0, 0.05) is 16.1 Å². The van der Waals surface area contributed by atoms with Crippen molar-refractivity contribution in [2.75, 3.05) is 12.0 Å². The van der Waals surface area contributed by atoms with E-state index in [0.29, 0.717) is 17.0 Å². The lowest BCUT2D eigenvalue weighted by Crippen LogP contribution is -2.29. The lowest BCUT2D eigenvalue weighted by Gasteiger charge is -2.25. The molecule has 0 spiro atoms. The van der Waals surface area contributed by atoms with Gasteiger partial charge in [0.05, 0.1) is 12.7 Å². The molecule has 0 saturated carbocycles. The van der Waals surface area contributed by atoms with E-state index < -0.39 is 17.7 Å². The first kappa shape index (κ1) is 19.9. The fourth-order valence-electron chi connectivity index (χ4n) is 3.69. The number of carbonyl (C=O) groups excluding carboxylic acids is 2. The first-order valence-electron chi connectivity index (χ1n) is 9.48. The molecule has 2 heterocycles. The number of aliphatic hydroxyl groups excluding tert-OH is 1. The number of hydrogen-bond donors (Lipinski definition) is 1. The molecule has 2 aromatic carbocycles. The van der Waals surface area contributed by atoms with Crippen molar-refractivity contribution in [3.63, 3.8) is 0 Å². The number of benzene rings is 2. The number of methoxy groups -OCH3 is 1. The Morgan fingerprint density at radius 3 is 2.40 bits per heavy atom. The van der Waals surface area contributed by atoms with Crippen molar-refractivity contribution in [1.29, 1.82) is 0 Å². The molecule has 6 heteroatoms. The number of carbonyl (C=O) groups is 2. The summed E-state index contributed by atoms with van der Waals surface area (Å²) < 4.78 is 5.17. The summed E-state index contributed by atoms with van der Waals surface area (Å²) in [5.74, 6) is -0.891. The Hall–Kier alpha value is -3.38. The Balaban J connectivity index is 1.93. The molecular weight excluding hydrogens is 398 g/mol. The van der Waals surface area contributed by atoms with Gasteiger partial charge in [0.2, 0.25) is 0 Å². The number of thiophene rings is 1. The van der Waals surface area contributed by atoms with Crippen molar-refractivity contribution in [3.05, 3.63) is 87.1 Å². The molecule has 1 aromatic heterocycles. The lowest BCUT2D eigenvalue weighted by atomic mass is 9.98. The molecule has 0 bridgehead atoms. The van der Waals surface area contributed by atoms with Crippen LogP contribution in [0.15, 0.2) is 65.6 Å². The van der Waals surface area contributed by atoms with Crippen molar-refractivity contribution >= 4 is 34.5 Å². The Bertz CT molecular complexity index is 1160. The summed E-state index contributed by atoms with van der Waals surface area (Å²) in [7, 11) is 1.56. The number of ether oxygens (including phenoxy) is 1. The average Bonchev–Trinajstić information content (AvgIpc) is 3.28. The van der Waals surface area contributed by atoms with Gasteiger partial charge in [-0.1, -0.05) is 12.1 Å². The summed E-state index contributed by atoms with van der Waals surface area (Å²) in [5, 5.41) is 13.0. The van der Waals surface area contributed by atoms with Crippen molar-refractivity contribution in [1.82, 2.24) is 0 Å². The normalized spacial score (nSPS) is 18.1. The summed E-state index contributed by atoms with van der Waals surface area (Å²) in [5.41, 5.74) is 3.12. The molecule has 1 fully saturated rings. The Morgan fingerprint density at radius 1 is 1.07 bits per heavy atom. The topological polar surface area (TPSA) is 66.8 Å². The number of amides is 1. The summed E-state index contributed by atoms with van der Waals surface area (Å²) in [6.07, 6.45) is 0. The Kier molecular flexibility index (Phi) is 5.18. The van der Waals surface area contributed by atoms with Crippen LogP contribution in [-0.2, 0) is 9.59 Å². The third-order valence-electron chi connectivity index (χ3n) is 5.24. The zero-order valence-electron chi connectivity index (χ0n) is 16.9. The van der Waals surface area contributed by atoms with Crippen LogP contribution in [0.1, 0.15) is 27.6 Å². The van der Waals surface area contributed by atoms with Gasteiger partial charge in [-0.2, -0.15) is 0 Å². The smallest absolute Gasteiger partial charge is 0.300 e. The van der Waals surface area contributed by atoms with Gasteiger partial charge in [0.15, 0.2) is 0 Å². The Morgan fingerprint density at radius 2 is 1.80 bits per heavy atom. The number of Topliss-reactive ketones (excluding diaryl/α,β-unsaturated/α-hetero) is 1. The predicted molar refractivity (Wildman–Crippen MR) is 118 cm³/mol. The van der Waals surface area contributed by atoms with Gasteiger partial charge in [-0.05, 0) is 72.8 Å². The monoisotopic (exact) mass is 419 g/mol. The van der Waals surface area contributed by atoms with Gasteiger partial charge >= 0.3 is 0 Å². The molecule has 1 aliphatic heterocycles. The summed E-state index contributed by atoms with van der Waals surface area (Å²) in [4.78, 5) is 28.5. The molecule has 3 aromatic rings. The molecule has 1 unspecified atom stereocenters. The molecule has 1 saturated heterocycles. The highest BCUT2D eigenvalue weighted by Crippen LogP contribution is 2.44. The van der Waals surface area contributed by atoms with Crippen LogP contribution in [-0.4, -0.2) is 23.9 Å². The number of anilines is 1. The average molecular weight is 420 g/mol. The summed E-state index contributed by atoms with van der Waals surface area (Å²) in [6.45, 7) is 3.87. The number of aryl methyl sites for hydroxylation is 2. The maximum atomic E-state index is 13.1. The van der Waals surface area contributed by atoms with Crippen LogP contribution < -0.4 is 9.64 Å². The fourth-order valence-corrected chi connectivity index (χ4v) is 4.72. The van der Waals surface area contributed by atoms with Gasteiger partial charge in [-0.3, -0.25) is 14.5 Å². The molecular formula is C24H21NO4S. The molecule has 0 radical (unpaired) electrons. The van der Waals surface area contributed by atoms with Crippen LogP contribution in [0.25, 0.3) is 5.76 Å². The maximum Gasteiger partial charge on any atom is 0.300 e. The van der Waals surface area contributed by atoms with Crippen LogP contribution in [0.2, 0.25) is 0 Å². The molecule has 1 aliphatic rings. The number of aliphatic hydroxyl groups is 1. The second kappa shape index (κ2) is 7.80. The third-order valence-corrected chi connectivity index (χ3v) is 6.31.